The van der Waals surface area contributed by atoms with Crippen molar-refractivity contribution in [2.24, 2.45) is 0 Å². The van der Waals surface area contributed by atoms with Gasteiger partial charge < -0.3 is 4.74 Å². The lowest BCUT2D eigenvalue weighted by molar-refractivity contribution is 0.444. The summed E-state index contributed by atoms with van der Waals surface area (Å²) >= 11 is 0. The van der Waals surface area contributed by atoms with Crippen LogP contribution >= 0.6 is 0 Å². The van der Waals surface area contributed by atoms with Crippen LogP contribution < -0.4 is 4.74 Å². The van der Waals surface area contributed by atoms with Crippen LogP contribution in [-0.4, -0.2) is 4.98 Å². The Morgan fingerprint density at radius 3 is 2.22 bits per heavy atom. The molecule has 1 aromatic heterocycles. The zero-order valence-electron chi connectivity index (χ0n) is 14.8. The topological polar surface area (TPSA) is 26.5 Å². The maximum absolute atomic E-state index is 7.09. The Balaban J connectivity index is 2.43. The van der Waals surface area contributed by atoms with Gasteiger partial charge in [0.25, 0.3) is 0 Å². The molecule has 23 heavy (non-hydrogen) atoms. The summed E-state index contributed by atoms with van der Waals surface area (Å²) in [4.78, 5) is 8.19. The smallest absolute Gasteiger partial charge is 0.219 e. The molecule has 3 nitrogen and oxygen atoms in total. The summed E-state index contributed by atoms with van der Waals surface area (Å²) < 4.78 is 5.87. The number of aromatic nitrogens is 1. The Bertz CT molecular complexity index is 743. The Kier molecular flexibility index (Phi) is 4.47. The second-order valence-electron chi connectivity index (χ2n) is 7.76. The van der Waals surface area contributed by atoms with E-state index in [1.54, 1.807) is 12.1 Å². The van der Waals surface area contributed by atoms with E-state index in [0.717, 1.165) is 5.69 Å². The van der Waals surface area contributed by atoms with E-state index < -0.39 is 0 Å². The molecule has 0 bridgehead atoms. The SMILES string of the molecule is [C-]#[N+]c1cccc(Oc2ccc(C(C)(C)C)c(C(C)(C)C)n2)c1. The summed E-state index contributed by atoms with van der Waals surface area (Å²) in [7, 11) is 0. The molecule has 120 valence electrons. The van der Waals surface area contributed by atoms with Gasteiger partial charge in [-0.25, -0.2) is 9.83 Å². The van der Waals surface area contributed by atoms with Gasteiger partial charge in [-0.2, -0.15) is 0 Å². The lowest BCUT2D eigenvalue weighted by atomic mass is 9.78. The monoisotopic (exact) mass is 308 g/mol. The number of hydrogen-bond acceptors (Lipinski definition) is 2. The first-order chi connectivity index (χ1) is 10.6. The number of nitrogens with zero attached hydrogens (tertiary/aromatic N) is 2. The van der Waals surface area contributed by atoms with Crippen LogP contribution in [0.4, 0.5) is 5.69 Å². The number of hydrogen-bond donors (Lipinski definition) is 0. The lowest BCUT2D eigenvalue weighted by Crippen LogP contribution is -2.23. The molecule has 1 heterocycles. The first-order valence-electron chi connectivity index (χ1n) is 7.78. The molecule has 3 heteroatoms. The van der Waals surface area contributed by atoms with Crippen molar-refractivity contribution in [1.29, 1.82) is 0 Å². The molecule has 0 aliphatic heterocycles. The molecule has 0 aliphatic rings. The molecular formula is C20H24N2O. The third kappa shape index (κ3) is 4.10. The van der Waals surface area contributed by atoms with Crippen LogP contribution in [0, 0.1) is 6.57 Å². The summed E-state index contributed by atoms with van der Waals surface area (Å²) in [6.45, 7) is 20.1. The van der Waals surface area contributed by atoms with Gasteiger partial charge in [0.15, 0.2) is 5.69 Å². The molecule has 0 amide bonds. The quantitative estimate of drug-likeness (QED) is 0.634. The van der Waals surface area contributed by atoms with Gasteiger partial charge in [0.05, 0.1) is 12.3 Å². The maximum atomic E-state index is 7.09. The van der Waals surface area contributed by atoms with Gasteiger partial charge in [-0.15, -0.1) is 0 Å². The van der Waals surface area contributed by atoms with Gasteiger partial charge in [-0.3, -0.25) is 0 Å². The van der Waals surface area contributed by atoms with Gasteiger partial charge in [-0.1, -0.05) is 59.7 Å². The molecule has 0 radical (unpaired) electrons. The highest BCUT2D eigenvalue weighted by Gasteiger charge is 2.27. The van der Waals surface area contributed by atoms with Crippen molar-refractivity contribution in [3.63, 3.8) is 0 Å². The predicted octanol–water partition coefficient (Wildman–Crippen LogP) is 6.02. The van der Waals surface area contributed by atoms with Crippen LogP contribution in [0.1, 0.15) is 52.8 Å². The second kappa shape index (κ2) is 6.04. The average Bonchev–Trinajstić information content (AvgIpc) is 2.45. The third-order valence-electron chi connectivity index (χ3n) is 3.56. The predicted molar refractivity (Wildman–Crippen MR) is 94.4 cm³/mol. The third-order valence-corrected chi connectivity index (χ3v) is 3.56. The summed E-state index contributed by atoms with van der Waals surface area (Å²) in [6.07, 6.45) is 0. The number of pyridine rings is 1. The summed E-state index contributed by atoms with van der Waals surface area (Å²) in [5.41, 5.74) is 2.79. The van der Waals surface area contributed by atoms with E-state index in [-0.39, 0.29) is 10.8 Å². The maximum Gasteiger partial charge on any atom is 0.219 e. The number of rotatable bonds is 2. The largest absolute Gasteiger partial charge is 0.440 e. The highest BCUT2D eigenvalue weighted by atomic mass is 16.5. The van der Waals surface area contributed by atoms with Gasteiger partial charge in [-0.05, 0) is 23.1 Å². The van der Waals surface area contributed by atoms with Crippen LogP contribution in [0.15, 0.2) is 36.4 Å². The molecule has 0 fully saturated rings. The van der Waals surface area contributed by atoms with Crippen LogP contribution in [0.5, 0.6) is 11.6 Å². The van der Waals surface area contributed by atoms with E-state index in [0.29, 0.717) is 17.3 Å². The van der Waals surface area contributed by atoms with Gasteiger partial charge in [0.2, 0.25) is 5.88 Å². The van der Waals surface area contributed by atoms with Gasteiger partial charge in [0, 0.05) is 11.5 Å². The number of benzene rings is 1. The molecule has 0 saturated heterocycles. The van der Waals surface area contributed by atoms with Gasteiger partial charge in [0.1, 0.15) is 5.75 Å². The van der Waals surface area contributed by atoms with Crippen molar-refractivity contribution in [2.75, 3.05) is 0 Å². The second-order valence-corrected chi connectivity index (χ2v) is 7.76. The van der Waals surface area contributed by atoms with Crippen molar-refractivity contribution >= 4 is 5.69 Å². The summed E-state index contributed by atoms with van der Waals surface area (Å²) in [6, 6.07) is 11.1. The molecule has 0 saturated carbocycles. The Hall–Kier alpha value is -2.34. The van der Waals surface area contributed by atoms with E-state index in [1.165, 1.54) is 5.56 Å². The average molecular weight is 308 g/mol. The van der Waals surface area contributed by atoms with E-state index >= 15 is 0 Å². The van der Waals surface area contributed by atoms with Crippen LogP contribution in [0.2, 0.25) is 0 Å². The van der Waals surface area contributed by atoms with Crippen LogP contribution in [-0.2, 0) is 10.8 Å². The standard InChI is InChI=1S/C20H24N2O/c1-19(2,3)16-11-12-17(22-18(16)20(4,5)6)23-15-10-8-9-14(13-15)21-7/h8-13H,1-6H3. The Labute approximate surface area is 139 Å². The van der Waals surface area contributed by atoms with E-state index in [9.17, 15) is 0 Å². The highest BCUT2D eigenvalue weighted by Crippen LogP contribution is 2.35. The van der Waals surface area contributed by atoms with Crippen LogP contribution in [0.25, 0.3) is 4.85 Å². The van der Waals surface area contributed by atoms with E-state index in [1.807, 2.05) is 18.2 Å². The zero-order valence-corrected chi connectivity index (χ0v) is 14.8. The fourth-order valence-corrected chi connectivity index (χ4v) is 2.41. The fraction of sp³-hybridized carbons (Fsp3) is 0.400. The van der Waals surface area contributed by atoms with Crippen molar-refractivity contribution in [2.45, 2.75) is 52.4 Å². The van der Waals surface area contributed by atoms with Crippen molar-refractivity contribution in [1.82, 2.24) is 4.98 Å². The van der Waals surface area contributed by atoms with Crippen molar-refractivity contribution in [3.05, 3.63) is 59.1 Å². The van der Waals surface area contributed by atoms with E-state index in [2.05, 4.69) is 52.5 Å². The normalized spacial score (nSPS) is 11.9. The molecule has 2 rings (SSSR count). The first-order valence-corrected chi connectivity index (χ1v) is 7.78. The molecule has 2 aromatic rings. The lowest BCUT2D eigenvalue weighted by Gasteiger charge is -2.29. The Morgan fingerprint density at radius 1 is 0.957 bits per heavy atom. The van der Waals surface area contributed by atoms with Crippen molar-refractivity contribution < 1.29 is 4.74 Å². The molecule has 1 aromatic carbocycles. The first kappa shape index (κ1) is 17.0. The number of ether oxygens (including phenoxy) is 1. The summed E-state index contributed by atoms with van der Waals surface area (Å²) in [5.74, 6) is 1.19. The molecule has 0 spiro atoms. The minimum atomic E-state index is -0.0691. The zero-order chi connectivity index (χ0) is 17.3. The molecule has 0 N–H and O–H groups in total. The minimum absolute atomic E-state index is 0.0260. The van der Waals surface area contributed by atoms with Crippen LogP contribution in [0.3, 0.4) is 0 Å². The van der Waals surface area contributed by atoms with Crippen molar-refractivity contribution in [3.8, 4) is 11.6 Å². The van der Waals surface area contributed by atoms with Gasteiger partial charge >= 0.3 is 0 Å². The molecule has 0 unspecified atom stereocenters. The Morgan fingerprint density at radius 2 is 1.65 bits per heavy atom. The molecule has 0 atom stereocenters. The fourth-order valence-electron chi connectivity index (χ4n) is 2.41. The molecule has 0 aliphatic carbocycles. The minimum Gasteiger partial charge on any atom is -0.440 e. The van der Waals surface area contributed by atoms with E-state index in [4.69, 9.17) is 16.3 Å². The molecular weight excluding hydrogens is 284 g/mol. The summed E-state index contributed by atoms with van der Waals surface area (Å²) in [5, 5.41) is 0. The highest BCUT2D eigenvalue weighted by molar-refractivity contribution is 5.49.